The zero-order valence-electron chi connectivity index (χ0n) is 15.7. The third kappa shape index (κ3) is 5.03. The maximum Gasteiger partial charge on any atom is 0.325 e. The lowest BCUT2D eigenvalue weighted by Crippen LogP contribution is -2.49. The number of carbonyl (C=O) groups is 2. The number of aliphatic carboxylic acids is 1. The van der Waals surface area contributed by atoms with Gasteiger partial charge in [-0.2, -0.15) is 0 Å². The molecular weight excluding hydrogens is 336 g/mol. The number of methoxy groups -OCH3 is 1. The maximum absolute atomic E-state index is 12.7. The van der Waals surface area contributed by atoms with Crippen molar-refractivity contribution in [3.05, 3.63) is 23.8 Å². The van der Waals surface area contributed by atoms with Crippen molar-refractivity contribution in [3.8, 4) is 11.5 Å². The molecule has 0 aromatic heterocycles. The lowest BCUT2D eigenvalue weighted by atomic mass is 10.1. The molecule has 0 saturated heterocycles. The number of carbonyl (C=O) groups excluding carboxylic acids is 1. The predicted octanol–water partition coefficient (Wildman–Crippen LogP) is 3.02. The van der Waals surface area contributed by atoms with Gasteiger partial charge in [-0.1, -0.05) is 18.9 Å². The number of amides is 2. The highest BCUT2D eigenvalue weighted by Crippen LogP contribution is 2.30. The number of rotatable bonds is 8. The van der Waals surface area contributed by atoms with Crippen molar-refractivity contribution in [2.45, 2.75) is 58.2 Å². The molecule has 0 bridgehead atoms. The molecule has 1 aromatic rings. The van der Waals surface area contributed by atoms with Crippen LogP contribution in [0.3, 0.4) is 0 Å². The Labute approximate surface area is 154 Å². The third-order valence-corrected chi connectivity index (χ3v) is 4.62. The molecule has 0 unspecified atom stereocenters. The second kappa shape index (κ2) is 9.31. The molecule has 1 aliphatic carbocycles. The number of carboxylic acid groups (broad SMARTS) is 1. The molecule has 1 fully saturated rings. The molecule has 0 aliphatic heterocycles. The Morgan fingerprint density at radius 3 is 2.58 bits per heavy atom. The van der Waals surface area contributed by atoms with E-state index in [4.69, 9.17) is 14.6 Å². The van der Waals surface area contributed by atoms with Gasteiger partial charge in [-0.15, -0.1) is 0 Å². The quantitative estimate of drug-likeness (QED) is 0.740. The molecule has 1 atom stereocenters. The standard InChI is InChI=1S/C19H28N2O5/c1-4-26-17-11-14(9-10-16(17)25-3)12-21(15-7-5-6-8-15)19(24)20-13(2)18(22)23/h9-11,13,15H,4-8,12H2,1-3H3,(H,20,24)(H,22,23)/t13-/m0/s1. The first kappa shape index (κ1) is 19.9. The molecule has 144 valence electrons. The fraction of sp³-hybridized carbons (Fsp3) is 0.579. The highest BCUT2D eigenvalue weighted by molar-refractivity contribution is 5.82. The van der Waals surface area contributed by atoms with Crippen LogP contribution in [0.2, 0.25) is 0 Å². The summed E-state index contributed by atoms with van der Waals surface area (Å²) in [6.07, 6.45) is 4.03. The SMILES string of the molecule is CCOc1cc(CN(C(=O)N[C@@H](C)C(=O)O)C2CCCC2)ccc1OC. The van der Waals surface area contributed by atoms with Crippen LogP contribution in [-0.4, -0.2) is 47.8 Å². The topological polar surface area (TPSA) is 88.1 Å². The lowest BCUT2D eigenvalue weighted by Gasteiger charge is -2.30. The fourth-order valence-electron chi connectivity index (χ4n) is 3.20. The number of nitrogens with zero attached hydrogens (tertiary/aromatic N) is 1. The molecule has 1 aromatic carbocycles. The predicted molar refractivity (Wildman–Crippen MR) is 97.6 cm³/mol. The third-order valence-electron chi connectivity index (χ3n) is 4.62. The van der Waals surface area contributed by atoms with Crippen LogP contribution in [0.1, 0.15) is 45.1 Å². The summed E-state index contributed by atoms with van der Waals surface area (Å²) in [5, 5.41) is 11.6. The van der Waals surface area contributed by atoms with Gasteiger partial charge in [-0.05, 0) is 44.4 Å². The Bertz CT molecular complexity index is 628. The zero-order chi connectivity index (χ0) is 19.1. The molecule has 0 radical (unpaired) electrons. The van der Waals surface area contributed by atoms with Gasteiger partial charge in [0.1, 0.15) is 6.04 Å². The molecule has 2 rings (SSSR count). The van der Waals surface area contributed by atoms with Crippen molar-refractivity contribution in [1.82, 2.24) is 10.2 Å². The number of hydrogen-bond acceptors (Lipinski definition) is 4. The van der Waals surface area contributed by atoms with E-state index in [9.17, 15) is 9.59 Å². The molecule has 1 saturated carbocycles. The lowest BCUT2D eigenvalue weighted by molar-refractivity contribution is -0.138. The number of ether oxygens (including phenoxy) is 2. The van der Waals surface area contributed by atoms with Crippen LogP contribution < -0.4 is 14.8 Å². The summed E-state index contributed by atoms with van der Waals surface area (Å²) >= 11 is 0. The first-order chi connectivity index (χ1) is 12.5. The van der Waals surface area contributed by atoms with Crippen LogP contribution in [-0.2, 0) is 11.3 Å². The Kier molecular flexibility index (Phi) is 7.12. The van der Waals surface area contributed by atoms with Crippen LogP contribution in [0.5, 0.6) is 11.5 Å². The van der Waals surface area contributed by atoms with Crippen LogP contribution in [0.15, 0.2) is 18.2 Å². The minimum atomic E-state index is -1.05. The van der Waals surface area contributed by atoms with E-state index in [0.29, 0.717) is 24.7 Å². The minimum absolute atomic E-state index is 0.119. The summed E-state index contributed by atoms with van der Waals surface area (Å²) in [5.41, 5.74) is 0.916. The fourth-order valence-corrected chi connectivity index (χ4v) is 3.20. The summed E-state index contributed by atoms with van der Waals surface area (Å²) in [7, 11) is 1.59. The van der Waals surface area contributed by atoms with E-state index in [0.717, 1.165) is 31.2 Å². The average molecular weight is 364 g/mol. The maximum atomic E-state index is 12.7. The van der Waals surface area contributed by atoms with E-state index < -0.39 is 12.0 Å². The minimum Gasteiger partial charge on any atom is -0.493 e. The van der Waals surface area contributed by atoms with Gasteiger partial charge in [0.25, 0.3) is 0 Å². The van der Waals surface area contributed by atoms with Gasteiger partial charge in [0.2, 0.25) is 0 Å². The molecule has 1 aliphatic rings. The monoisotopic (exact) mass is 364 g/mol. The van der Waals surface area contributed by atoms with E-state index in [1.807, 2.05) is 25.1 Å². The summed E-state index contributed by atoms with van der Waals surface area (Å²) in [6, 6.07) is 4.44. The second-order valence-corrected chi connectivity index (χ2v) is 6.49. The highest BCUT2D eigenvalue weighted by atomic mass is 16.5. The van der Waals surface area contributed by atoms with Crippen molar-refractivity contribution >= 4 is 12.0 Å². The van der Waals surface area contributed by atoms with Gasteiger partial charge in [0.05, 0.1) is 13.7 Å². The molecule has 0 spiro atoms. The highest BCUT2D eigenvalue weighted by Gasteiger charge is 2.28. The normalized spacial score (nSPS) is 15.3. The summed E-state index contributed by atoms with van der Waals surface area (Å²) < 4.78 is 10.9. The number of urea groups is 1. The molecule has 26 heavy (non-hydrogen) atoms. The summed E-state index contributed by atoms with van der Waals surface area (Å²) in [6.45, 7) is 4.28. The first-order valence-corrected chi connectivity index (χ1v) is 9.05. The molecule has 0 heterocycles. The van der Waals surface area contributed by atoms with Gasteiger partial charge in [-0.25, -0.2) is 4.79 Å². The summed E-state index contributed by atoms with van der Waals surface area (Å²) in [4.78, 5) is 25.5. The number of hydrogen-bond donors (Lipinski definition) is 2. The van der Waals surface area contributed by atoms with Crippen molar-refractivity contribution in [1.29, 1.82) is 0 Å². The van der Waals surface area contributed by atoms with Gasteiger partial charge in [0.15, 0.2) is 11.5 Å². The smallest absolute Gasteiger partial charge is 0.325 e. The number of benzene rings is 1. The Morgan fingerprint density at radius 1 is 1.31 bits per heavy atom. The van der Waals surface area contributed by atoms with Crippen molar-refractivity contribution < 1.29 is 24.2 Å². The number of nitrogens with one attached hydrogen (secondary N) is 1. The number of carboxylic acids is 1. The zero-order valence-corrected chi connectivity index (χ0v) is 15.7. The largest absolute Gasteiger partial charge is 0.493 e. The second-order valence-electron chi connectivity index (χ2n) is 6.49. The van der Waals surface area contributed by atoms with E-state index in [1.165, 1.54) is 6.92 Å². The molecule has 2 amide bonds. The van der Waals surface area contributed by atoms with Crippen LogP contribution in [0.25, 0.3) is 0 Å². The van der Waals surface area contributed by atoms with Crippen LogP contribution >= 0.6 is 0 Å². The Morgan fingerprint density at radius 2 is 2.00 bits per heavy atom. The van der Waals surface area contributed by atoms with Crippen molar-refractivity contribution in [2.24, 2.45) is 0 Å². The van der Waals surface area contributed by atoms with Gasteiger partial charge in [0, 0.05) is 12.6 Å². The Hall–Kier alpha value is -2.44. The molecule has 7 heteroatoms. The average Bonchev–Trinajstić information content (AvgIpc) is 3.14. The van der Waals surface area contributed by atoms with Crippen molar-refractivity contribution in [3.63, 3.8) is 0 Å². The summed E-state index contributed by atoms with van der Waals surface area (Å²) in [5.74, 6) is 0.234. The van der Waals surface area contributed by atoms with Crippen LogP contribution in [0, 0.1) is 0 Å². The van der Waals surface area contributed by atoms with E-state index in [-0.39, 0.29) is 12.1 Å². The molecular formula is C19H28N2O5. The van der Waals surface area contributed by atoms with Gasteiger partial charge >= 0.3 is 12.0 Å². The van der Waals surface area contributed by atoms with E-state index in [2.05, 4.69) is 5.32 Å². The van der Waals surface area contributed by atoms with Crippen LogP contribution in [0.4, 0.5) is 4.79 Å². The van der Waals surface area contributed by atoms with Gasteiger partial charge < -0.3 is 24.8 Å². The van der Waals surface area contributed by atoms with Gasteiger partial charge in [-0.3, -0.25) is 4.79 Å². The molecule has 7 nitrogen and oxygen atoms in total. The Balaban J connectivity index is 2.19. The first-order valence-electron chi connectivity index (χ1n) is 9.05. The molecule has 2 N–H and O–H groups in total. The van der Waals surface area contributed by atoms with E-state index in [1.54, 1.807) is 12.0 Å². The van der Waals surface area contributed by atoms with E-state index >= 15 is 0 Å². The van der Waals surface area contributed by atoms with Crippen molar-refractivity contribution in [2.75, 3.05) is 13.7 Å².